The maximum Gasteiger partial charge on any atom is 0.336 e. The van der Waals surface area contributed by atoms with Gasteiger partial charge in [0.05, 0.1) is 11.6 Å². The lowest BCUT2D eigenvalue weighted by Crippen LogP contribution is -2.25. The van der Waals surface area contributed by atoms with Crippen LogP contribution in [0, 0.1) is 5.92 Å². The molecule has 0 fully saturated rings. The maximum absolute atomic E-state index is 12.2. The lowest BCUT2D eigenvalue weighted by molar-refractivity contribution is -0.139. The lowest BCUT2D eigenvalue weighted by Gasteiger charge is -2.14. The van der Waals surface area contributed by atoms with Crippen LogP contribution in [0.2, 0.25) is 0 Å². The first kappa shape index (κ1) is 23.3. The number of methoxy groups -OCH3 is 1. The fraction of sp³-hybridized carbons (Fsp3) is 0.261. The number of nitrogens with zero attached hydrogens (tertiary/aromatic N) is 1. The zero-order valence-electron chi connectivity index (χ0n) is 17.0. The number of carbonyl (C=O) groups is 2. The number of benzene rings is 2. The van der Waals surface area contributed by atoms with E-state index in [0.717, 1.165) is 5.56 Å². The number of carboxylic acid groups (broad SMARTS) is 1. The molecule has 0 saturated carbocycles. The normalized spacial score (nSPS) is 13.3. The lowest BCUT2D eigenvalue weighted by atomic mass is 10.00. The number of aliphatic carboxylic acids is 1. The van der Waals surface area contributed by atoms with Gasteiger partial charge in [-0.3, -0.25) is 4.99 Å². The van der Waals surface area contributed by atoms with Crippen molar-refractivity contribution in [3.05, 3.63) is 64.1 Å². The zero-order valence-corrected chi connectivity index (χ0v) is 18.6. The molecule has 0 bridgehead atoms. The van der Waals surface area contributed by atoms with Gasteiger partial charge in [-0.2, -0.15) is 0 Å². The van der Waals surface area contributed by atoms with E-state index in [9.17, 15) is 14.7 Å². The Labute approximate surface area is 184 Å². The first-order valence-electron chi connectivity index (χ1n) is 9.44. The fourth-order valence-corrected chi connectivity index (χ4v) is 3.16. The Kier molecular flexibility index (Phi) is 8.80. The Morgan fingerprint density at radius 3 is 2.50 bits per heavy atom. The van der Waals surface area contributed by atoms with Crippen LogP contribution in [0.15, 0.2) is 58.0 Å². The van der Waals surface area contributed by atoms with Gasteiger partial charge in [-0.1, -0.05) is 50.6 Å². The monoisotopic (exact) mass is 473 g/mol. The van der Waals surface area contributed by atoms with Crippen molar-refractivity contribution in [1.29, 1.82) is 0 Å². The summed E-state index contributed by atoms with van der Waals surface area (Å²) >= 11 is 3.38. The molecule has 0 aliphatic heterocycles. The summed E-state index contributed by atoms with van der Waals surface area (Å²) in [5.41, 5.74) is 1.49. The van der Waals surface area contributed by atoms with Gasteiger partial charge in [0.15, 0.2) is 11.5 Å². The highest BCUT2D eigenvalue weighted by atomic mass is 79.9. The van der Waals surface area contributed by atoms with E-state index in [1.807, 2.05) is 44.2 Å². The topological polar surface area (TPSA) is 85.2 Å². The molecule has 7 heteroatoms. The number of aliphatic imine (C=N–C) groups is 1. The molecule has 0 amide bonds. The number of carboxylic acids is 1. The molecule has 2 aromatic carbocycles. The van der Waals surface area contributed by atoms with E-state index in [1.54, 1.807) is 18.2 Å². The first-order valence-corrected chi connectivity index (χ1v) is 10.2. The highest BCUT2D eigenvalue weighted by molar-refractivity contribution is 9.10. The van der Waals surface area contributed by atoms with Crippen LogP contribution >= 0.6 is 15.9 Å². The highest BCUT2D eigenvalue weighted by Gasteiger charge is 2.22. The molecule has 2 unspecified atom stereocenters. The summed E-state index contributed by atoms with van der Waals surface area (Å²) in [5.74, 6) is -1.07. The molecule has 2 rings (SSSR count). The van der Waals surface area contributed by atoms with E-state index in [2.05, 4.69) is 20.9 Å². The molecule has 2 atom stereocenters. The number of esters is 1. The second-order valence-corrected chi connectivity index (χ2v) is 7.50. The molecule has 158 valence electrons. The van der Waals surface area contributed by atoms with Crippen molar-refractivity contribution in [2.75, 3.05) is 7.11 Å². The number of halogens is 1. The van der Waals surface area contributed by atoms with Crippen LogP contribution in [0.3, 0.4) is 0 Å². The maximum atomic E-state index is 12.2. The summed E-state index contributed by atoms with van der Waals surface area (Å²) in [5, 5.41) is 9.37. The number of carbonyl (C=O) groups excluding carboxylic acids is 1. The molecular formula is C23H24BrNO5. The van der Waals surface area contributed by atoms with E-state index in [0.29, 0.717) is 22.2 Å². The van der Waals surface area contributed by atoms with Crippen molar-refractivity contribution in [1.82, 2.24) is 0 Å². The van der Waals surface area contributed by atoms with Crippen LogP contribution in [-0.2, 0) is 9.59 Å². The van der Waals surface area contributed by atoms with Gasteiger partial charge in [-0.15, -0.1) is 0 Å². The fourth-order valence-electron chi connectivity index (χ4n) is 2.62. The minimum atomic E-state index is -0.970. The number of hydrogen-bond donors (Lipinski definition) is 1. The molecule has 0 heterocycles. The Hall–Kier alpha value is -2.93. The standard InChI is InChI=1S/C23H24BrNO5/c1-4-15(2)21(23(27)28)25-14-17-12-18(24)22(19(13-17)29-3)30-20(26)11-10-16-8-6-5-7-9-16/h5-15,21H,4H2,1-3H3,(H,27,28). The van der Waals surface area contributed by atoms with Crippen LogP contribution in [0.4, 0.5) is 0 Å². The van der Waals surface area contributed by atoms with Crippen molar-refractivity contribution in [2.45, 2.75) is 26.3 Å². The van der Waals surface area contributed by atoms with Gasteiger partial charge < -0.3 is 14.6 Å². The molecule has 2 aromatic rings. The van der Waals surface area contributed by atoms with Crippen LogP contribution in [0.25, 0.3) is 6.08 Å². The molecule has 30 heavy (non-hydrogen) atoms. The summed E-state index contributed by atoms with van der Waals surface area (Å²) < 4.78 is 11.3. The van der Waals surface area contributed by atoms with Gasteiger partial charge in [0, 0.05) is 12.3 Å². The molecular weight excluding hydrogens is 450 g/mol. The molecule has 0 saturated heterocycles. The number of ether oxygens (including phenoxy) is 2. The second kappa shape index (κ2) is 11.3. The average molecular weight is 474 g/mol. The SMILES string of the molecule is CCC(C)C(N=Cc1cc(Br)c(OC(=O)C=Cc2ccccc2)c(OC)c1)C(=O)O. The third-order valence-electron chi connectivity index (χ3n) is 4.49. The zero-order chi connectivity index (χ0) is 22.1. The Balaban J connectivity index is 2.21. The first-order chi connectivity index (χ1) is 14.3. The van der Waals surface area contributed by atoms with Crippen molar-refractivity contribution >= 4 is 40.2 Å². The second-order valence-electron chi connectivity index (χ2n) is 6.65. The van der Waals surface area contributed by atoms with E-state index in [-0.39, 0.29) is 11.7 Å². The molecule has 0 aliphatic carbocycles. The molecule has 0 aromatic heterocycles. The number of rotatable bonds is 9. The van der Waals surface area contributed by atoms with Gasteiger partial charge in [0.2, 0.25) is 0 Å². The molecule has 0 aliphatic rings. The largest absolute Gasteiger partial charge is 0.493 e. The minimum Gasteiger partial charge on any atom is -0.493 e. The molecule has 0 spiro atoms. The summed E-state index contributed by atoms with van der Waals surface area (Å²) in [6.07, 6.45) is 5.18. The molecule has 0 radical (unpaired) electrons. The average Bonchev–Trinajstić information content (AvgIpc) is 2.74. The minimum absolute atomic E-state index is 0.0966. The van der Waals surface area contributed by atoms with E-state index >= 15 is 0 Å². The summed E-state index contributed by atoms with van der Waals surface area (Å²) in [6, 6.07) is 11.9. The van der Waals surface area contributed by atoms with Gasteiger partial charge >= 0.3 is 11.9 Å². The van der Waals surface area contributed by atoms with Crippen molar-refractivity contribution in [3.8, 4) is 11.5 Å². The molecule has 1 N–H and O–H groups in total. The van der Waals surface area contributed by atoms with Gasteiger partial charge in [-0.05, 0) is 51.2 Å². The van der Waals surface area contributed by atoms with E-state index < -0.39 is 18.0 Å². The predicted octanol–water partition coefficient (Wildman–Crippen LogP) is 4.99. The van der Waals surface area contributed by atoms with E-state index in [4.69, 9.17) is 9.47 Å². The highest BCUT2D eigenvalue weighted by Crippen LogP contribution is 2.36. The van der Waals surface area contributed by atoms with Crippen LogP contribution in [0.1, 0.15) is 31.4 Å². The van der Waals surface area contributed by atoms with Crippen molar-refractivity contribution in [3.63, 3.8) is 0 Å². The van der Waals surface area contributed by atoms with Crippen LogP contribution in [-0.4, -0.2) is 36.4 Å². The Bertz CT molecular complexity index is 940. The van der Waals surface area contributed by atoms with Crippen molar-refractivity contribution in [2.24, 2.45) is 10.9 Å². The van der Waals surface area contributed by atoms with Gasteiger partial charge in [0.25, 0.3) is 0 Å². The third kappa shape index (κ3) is 6.56. The summed E-state index contributed by atoms with van der Waals surface area (Å²) in [4.78, 5) is 27.9. The summed E-state index contributed by atoms with van der Waals surface area (Å²) in [6.45, 7) is 3.77. The van der Waals surface area contributed by atoms with E-state index in [1.165, 1.54) is 19.4 Å². The smallest absolute Gasteiger partial charge is 0.336 e. The quantitative estimate of drug-likeness (QED) is 0.240. The summed E-state index contributed by atoms with van der Waals surface area (Å²) in [7, 11) is 1.46. The molecule has 6 nitrogen and oxygen atoms in total. The Morgan fingerprint density at radius 2 is 1.90 bits per heavy atom. The third-order valence-corrected chi connectivity index (χ3v) is 5.08. The van der Waals surface area contributed by atoms with Crippen molar-refractivity contribution < 1.29 is 24.2 Å². The number of hydrogen-bond acceptors (Lipinski definition) is 5. The van der Waals surface area contributed by atoms with Gasteiger partial charge in [-0.25, -0.2) is 9.59 Å². The van der Waals surface area contributed by atoms with Crippen LogP contribution < -0.4 is 9.47 Å². The Morgan fingerprint density at radius 1 is 1.20 bits per heavy atom. The predicted molar refractivity (Wildman–Crippen MR) is 120 cm³/mol. The van der Waals surface area contributed by atoms with Gasteiger partial charge in [0.1, 0.15) is 6.04 Å². The van der Waals surface area contributed by atoms with Crippen LogP contribution in [0.5, 0.6) is 11.5 Å².